The lowest BCUT2D eigenvalue weighted by atomic mass is 9.75. The van der Waals surface area contributed by atoms with E-state index in [1.54, 1.807) is 4.90 Å². The van der Waals surface area contributed by atoms with Gasteiger partial charge in [-0.1, -0.05) is 13.3 Å². The molecular formula is C15H27NO3. The Balaban J connectivity index is 1.86. The summed E-state index contributed by atoms with van der Waals surface area (Å²) in [6.45, 7) is 3.67. The molecule has 4 heteroatoms. The van der Waals surface area contributed by atoms with Crippen molar-refractivity contribution in [3.63, 3.8) is 0 Å². The van der Waals surface area contributed by atoms with Crippen molar-refractivity contribution in [2.45, 2.75) is 51.2 Å². The number of rotatable bonds is 4. The molecule has 0 aromatic heterocycles. The third-order valence-electron chi connectivity index (χ3n) is 4.73. The Hall–Kier alpha value is -0.610. The van der Waals surface area contributed by atoms with Gasteiger partial charge in [0.2, 0.25) is 5.91 Å². The van der Waals surface area contributed by atoms with Crippen LogP contribution in [0.1, 0.15) is 45.4 Å². The Labute approximate surface area is 116 Å². The van der Waals surface area contributed by atoms with E-state index >= 15 is 0 Å². The van der Waals surface area contributed by atoms with E-state index in [1.807, 2.05) is 14.1 Å². The number of hydrogen-bond acceptors (Lipinski definition) is 3. The van der Waals surface area contributed by atoms with Gasteiger partial charge in [0.15, 0.2) is 5.79 Å². The predicted octanol–water partition coefficient (Wildman–Crippen LogP) is 2.42. The number of carbonyl (C=O) groups is 1. The summed E-state index contributed by atoms with van der Waals surface area (Å²) in [5.41, 5.74) is 0. The largest absolute Gasteiger partial charge is 0.349 e. The van der Waals surface area contributed by atoms with Crippen LogP contribution in [0.25, 0.3) is 0 Å². The third kappa shape index (κ3) is 3.48. The molecule has 0 N–H and O–H groups in total. The van der Waals surface area contributed by atoms with Crippen molar-refractivity contribution in [1.29, 1.82) is 0 Å². The number of carbonyl (C=O) groups excluding carboxylic acids is 1. The van der Waals surface area contributed by atoms with Crippen LogP contribution in [-0.4, -0.2) is 43.9 Å². The molecule has 0 aromatic rings. The first-order valence-electron chi connectivity index (χ1n) is 7.54. The summed E-state index contributed by atoms with van der Waals surface area (Å²) < 4.78 is 11.5. The fourth-order valence-corrected chi connectivity index (χ4v) is 3.39. The summed E-state index contributed by atoms with van der Waals surface area (Å²) in [6.07, 6.45) is 5.99. The molecule has 1 aliphatic carbocycles. The van der Waals surface area contributed by atoms with Crippen LogP contribution in [0.15, 0.2) is 0 Å². The van der Waals surface area contributed by atoms with Crippen LogP contribution < -0.4 is 0 Å². The van der Waals surface area contributed by atoms with Crippen molar-refractivity contribution < 1.29 is 14.3 Å². The maximum Gasteiger partial charge on any atom is 0.222 e. The highest BCUT2D eigenvalue weighted by atomic mass is 16.7. The third-order valence-corrected chi connectivity index (χ3v) is 4.73. The highest BCUT2D eigenvalue weighted by Gasteiger charge is 2.41. The fourth-order valence-electron chi connectivity index (χ4n) is 3.39. The molecule has 0 radical (unpaired) electrons. The van der Waals surface area contributed by atoms with Gasteiger partial charge >= 0.3 is 0 Å². The Morgan fingerprint density at radius 1 is 1.26 bits per heavy atom. The molecule has 2 aliphatic rings. The lowest BCUT2D eigenvalue weighted by Gasteiger charge is -2.38. The fraction of sp³-hybridized carbons (Fsp3) is 0.933. The first-order chi connectivity index (χ1) is 9.06. The molecule has 1 saturated heterocycles. The molecular weight excluding hydrogens is 242 g/mol. The van der Waals surface area contributed by atoms with Crippen LogP contribution in [0.2, 0.25) is 0 Å². The predicted molar refractivity (Wildman–Crippen MR) is 73.7 cm³/mol. The minimum absolute atomic E-state index is 0.250. The average Bonchev–Trinajstić information content (AvgIpc) is 2.85. The molecule has 1 amide bonds. The van der Waals surface area contributed by atoms with Crippen LogP contribution >= 0.6 is 0 Å². The minimum atomic E-state index is -0.277. The van der Waals surface area contributed by atoms with Crippen molar-refractivity contribution >= 4 is 5.91 Å². The maximum atomic E-state index is 11.9. The molecule has 1 saturated carbocycles. The van der Waals surface area contributed by atoms with Crippen molar-refractivity contribution in [3.05, 3.63) is 0 Å². The van der Waals surface area contributed by atoms with Gasteiger partial charge in [-0.2, -0.15) is 0 Å². The quantitative estimate of drug-likeness (QED) is 0.787. The van der Waals surface area contributed by atoms with Gasteiger partial charge in [-0.15, -0.1) is 0 Å². The van der Waals surface area contributed by atoms with Crippen LogP contribution in [0.3, 0.4) is 0 Å². The highest BCUT2D eigenvalue weighted by molar-refractivity contribution is 5.75. The van der Waals surface area contributed by atoms with Crippen molar-refractivity contribution in [3.8, 4) is 0 Å². The van der Waals surface area contributed by atoms with E-state index < -0.39 is 0 Å². The molecule has 4 nitrogen and oxygen atoms in total. The van der Waals surface area contributed by atoms with E-state index in [0.29, 0.717) is 18.3 Å². The topological polar surface area (TPSA) is 38.8 Å². The Bertz CT molecular complexity index is 301. The minimum Gasteiger partial charge on any atom is -0.349 e. The van der Waals surface area contributed by atoms with Crippen LogP contribution in [-0.2, 0) is 14.3 Å². The van der Waals surface area contributed by atoms with E-state index in [4.69, 9.17) is 9.47 Å². The summed E-state index contributed by atoms with van der Waals surface area (Å²) in [6, 6.07) is 0. The van der Waals surface area contributed by atoms with Gasteiger partial charge in [0, 0.05) is 33.4 Å². The smallest absolute Gasteiger partial charge is 0.222 e. The van der Waals surface area contributed by atoms with E-state index in [1.165, 1.54) is 0 Å². The van der Waals surface area contributed by atoms with Gasteiger partial charge in [-0.05, 0) is 24.7 Å². The van der Waals surface area contributed by atoms with Gasteiger partial charge in [0.1, 0.15) is 0 Å². The van der Waals surface area contributed by atoms with Gasteiger partial charge in [0.25, 0.3) is 0 Å². The first kappa shape index (κ1) is 14.8. The summed E-state index contributed by atoms with van der Waals surface area (Å²) in [5, 5.41) is 0. The van der Waals surface area contributed by atoms with E-state index in [9.17, 15) is 4.79 Å². The molecule has 2 rings (SSSR count). The molecule has 19 heavy (non-hydrogen) atoms. The maximum absolute atomic E-state index is 11.9. The second-order valence-electron chi connectivity index (χ2n) is 6.11. The Kier molecular flexibility index (Phi) is 4.85. The lowest BCUT2D eigenvalue weighted by molar-refractivity contribution is -0.185. The number of ether oxygens (including phenoxy) is 2. The van der Waals surface area contributed by atoms with Gasteiger partial charge < -0.3 is 14.4 Å². The van der Waals surface area contributed by atoms with Crippen LogP contribution in [0.4, 0.5) is 0 Å². The number of nitrogens with zero attached hydrogens (tertiary/aromatic N) is 1. The molecule has 1 unspecified atom stereocenters. The second-order valence-corrected chi connectivity index (χ2v) is 6.11. The van der Waals surface area contributed by atoms with E-state index in [2.05, 4.69) is 6.92 Å². The molecule has 1 atom stereocenters. The van der Waals surface area contributed by atoms with Gasteiger partial charge in [-0.25, -0.2) is 0 Å². The average molecular weight is 269 g/mol. The van der Waals surface area contributed by atoms with Crippen LogP contribution in [0, 0.1) is 11.8 Å². The lowest BCUT2D eigenvalue weighted by Crippen LogP contribution is -2.37. The molecule has 1 spiro atoms. The van der Waals surface area contributed by atoms with Gasteiger partial charge in [0.05, 0.1) is 13.2 Å². The molecule has 0 bridgehead atoms. The number of amides is 1. The SMILES string of the molecule is CCC(CC(=O)N(C)C)C1CCC2(CC1)OCCO2. The van der Waals surface area contributed by atoms with E-state index in [-0.39, 0.29) is 11.7 Å². The van der Waals surface area contributed by atoms with Gasteiger partial charge in [-0.3, -0.25) is 4.79 Å². The summed E-state index contributed by atoms with van der Waals surface area (Å²) in [5.74, 6) is 1.13. The molecule has 1 heterocycles. The molecule has 2 fully saturated rings. The second kappa shape index (κ2) is 6.23. The Morgan fingerprint density at radius 2 is 1.84 bits per heavy atom. The molecule has 1 aliphatic heterocycles. The standard InChI is InChI=1S/C15H27NO3/c1-4-12(11-14(17)16(2)3)13-5-7-15(8-6-13)18-9-10-19-15/h12-13H,4-11H2,1-3H3. The zero-order valence-corrected chi connectivity index (χ0v) is 12.5. The summed E-state index contributed by atoms with van der Waals surface area (Å²) in [7, 11) is 3.68. The first-order valence-corrected chi connectivity index (χ1v) is 7.54. The van der Waals surface area contributed by atoms with Crippen molar-refractivity contribution in [1.82, 2.24) is 4.90 Å². The number of hydrogen-bond donors (Lipinski definition) is 0. The van der Waals surface area contributed by atoms with Crippen LogP contribution in [0.5, 0.6) is 0 Å². The normalized spacial score (nSPS) is 24.6. The zero-order valence-electron chi connectivity index (χ0n) is 12.5. The Morgan fingerprint density at radius 3 is 2.32 bits per heavy atom. The van der Waals surface area contributed by atoms with Crippen molar-refractivity contribution in [2.24, 2.45) is 11.8 Å². The highest BCUT2D eigenvalue weighted by Crippen LogP contribution is 2.42. The van der Waals surface area contributed by atoms with Crippen molar-refractivity contribution in [2.75, 3.05) is 27.3 Å². The monoisotopic (exact) mass is 269 g/mol. The molecule has 110 valence electrons. The molecule has 0 aromatic carbocycles. The summed E-state index contributed by atoms with van der Waals surface area (Å²) >= 11 is 0. The van der Waals surface area contributed by atoms with E-state index in [0.717, 1.165) is 45.3 Å². The zero-order chi connectivity index (χ0) is 13.9. The summed E-state index contributed by atoms with van der Waals surface area (Å²) in [4.78, 5) is 13.6.